The van der Waals surface area contributed by atoms with Crippen molar-refractivity contribution in [1.29, 1.82) is 0 Å². The number of amides is 2. The standard InChI is InChI=1S/C26H47N3O4/c1-8-16-27-26(9-2,10-3)25(33)28-22(20-14-12-11-13-15-20)23(30)29(7)21(18(4)5)17-19(6)24(31)32/h17-18,20-22,27H,8-16H2,1-7H3,(H,28,33)(H,31,32)/t21-,22+/m1/s1. The maximum absolute atomic E-state index is 13.8. The summed E-state index contributed by atoms with van der Waals surface area (Å²) in [6.45, 7) is 12.3. The summed E-state index contributed by atoms with van der Waals surface area (Å²) in [4.78, 5) is 40.4. The van der Waals surface area contributed by atoms with Gasteiger partial charge in [0.1, 0.15) is 6.04 Å². The summed E-state index contributed by atoms with van der Waals surface area (Å²) in [5, 5.41) is 15.9. The Bertz CT molecular complexity index is 679. The number of hydrogen-bond donors (Lipinski definition) is 3. The maximum Gasteiger partial charge on any atom is 0.331 e. The van der Waals surface area contributed by atoms with Gasteiger partial charge in [-0.3, -0.25) is 9.59 Å². The van der Waals surface area contributed by atoms with Crippen LogP contribution in [-0.2, 0) is 14.4 Å². The molecule has 0 aromatic rings. The molecule has 7 heteroatoms. The molecular weight excluding hydrogens is 418 g/mol. The molecule has 1 saturated carbocycles. The SMILES string of the molecule is CCCNC(CC)(CC)C(=O)N[C@H](C(=O)N(C)[C@H](C=C(C)C(=O)O)C(C)C)C1CCCCC1. The molecule has 0 unspecified atom stereocenters. The van der Waals surface area contributed by atoms with Crippen molar-refractivity contribution in [3.8, 4) is 0 Å². The van der Waals surface area contributed by atoms with E-state index in [1.54, 1.807) is 24.9 Å². The number of nitrogens with one attached hydrogen (secondary N) is 2. The first-order chi connectivity index (χ1) is 15.5. The largest absolute Gasteiger partial charge is 0.478 e. The number of nitrogens with zero attached hydrogens (tertiary/aromatic N) is 1. The molecule has 0 saturated heterocycles. The van der Waals surface area contributed by atoms with Gasteiger partial charge in [0.05, 0.1) is 11.6 Å². The van der Waals surface area contributed by atoms with E-state index >= 15 is 0 Å². The second kappa shape index (κ2) is 13.7. The highest BCUT2D eigenvalue weighted by molar-refractivity contribution is 5.92. The summed E-state index contributed by atoms with van der Waals surface area (Å²) in [7, 11) is 1.73. The fourth-order valence-corrected chi connectivity index (χ4v) is 4.84. The number of carbonyl (C=O) groups excluding carboxylic acids is 2. The van der Waals surface area contributed by atoms with Gasteiger partial charge in [0.25, 0.3) is 0 Å². The monoisotopic (exact) mass is 465 g/mol. The minimum atomic E-state index is -0.990. The molecule has 2 amide bonds. The van der Waals surface area contributed by atoms with Crippen LogP contribution in [0, 0.1) is 11.8 Å². The topological polar surface area (TPSA) is 98.7 Å². The first kappa shape index (κ1) is 29.1. The van der Waals surface area contributed by atoms with Crippen molar-refractivity contribution in [2.75, 3.05) is 13.6 Å². The molecule has 0 aromatic carbocycles. The summed E-state index contributed by atoms with van der Waals surface area (Å²) >= 11 is 0. The van der Waals surface area contributed by atoms with Crippen LogP contribution in [0.15, 0.2) is 11.6 Å². The van der Waals surface area contributed by atoms with Gasteiger partial charge >= 0.3 is 5.97 Å². The highest BCUT2D eigenvalue weighted by Gasteiger charge is 2.40. The maximum atomic E-state index is 13.8. The minimum Gasteiger partial charge on any atom is -0.478 e. The number of carboxylic acids is 1. The molecule has 3 N–H and O–H groups in total. The van der Waals surface area contributed by atoms with Crippen LogP contribution in [0.3, 0.4) is 0 Å². The Labute approximate surface area is 200 Å². The van der Waals surface area contributed by atoms with Crippen LogP contribution in [0.4, 0.5) is 0 Å². The fourth-order valence-electron chi connectivity index (χ4n) is 4.84. The summed E-state index contributed by atoms with van der Waals surface area (Å²) < 4.78 is 0. The molecular formula is C26H47N3O4. The van der Waals surface area contributed by atoms with Crippen molar-refractivity contribution in [2.24, 2.45) is 11.8 Å². The fraction of sp³-hybridized carbons (Fsp3) is 0.808. The molecule has 0 aromatic heterocycles. The van der Waals surface area contributed by atoms with Gasteiger partial charge in [0.15, 0.2) is 0 Å². The number of carbonyl (C=O) groups is 3. The van der Waals surface area contributed by atoms with Crippen LogP contribution in [-0.4, -0.2) is 59.0 Å². The highest BCUT2D eigenvalue weighted by Crippen LogP contribution is 2.29. The molecule has 0 radical (unpaired) electrons. The molecule has 1 fully saturated rings. The summed E-state index contributed by atoms with van der Waals surface area (Å²) in [6, 6.07) is -0.972. The Balaban J connectivity index is 3.26. The zero-order chi connectivity index (χ0) is 25.2. The van der Waals surface area contributed by atoms with Gasteiger partial charge in [-0.05, 0) is 57.4 Å². The normalized spacial score (nSPS) is 17.5. The predicted molar refractivity (Wildman–Crippen MR) is 133 cm³/mol. The van der Waals surface area contributed by atoms with E-state index in [1.807, 2.05) is 27.7 Å². The molecule has 0 bridgehead atoms. The molecule has 1 rings (SSSR count). The van der Waals surface area contributed by atoms with Gasteiger partial charge in [-0.1, -0.05) is 60.0 Å². The van der Waals surface area contributed by atoms with E-state index in [0.29, 0.717) is 12.8 Å². The van der Waals surface area contributed by atoms with Crippen molar-refractivity contribution in [3.63, 3.8) is 0 Å². The molecule has 190 valence electrons. The second-order valence-electron chi connectivity index (χ2n) is 9.90. The predicted octanol–water partition coefficient (Wildman–Crippen LogP) is 4.12. The van der Waals surface area contributed by atoms with Gasteiger partial charge in [-0.15, -0.1) is 0 Å². The molecule has 0 spiro atoms. The minimum absolute atomic E-state index is 0.0348. The lowest BCUT2D eigenvalue weighted by molar-refractivity contribution is -0.141. The molecule has 2 atom stereocenters. The van der Waals surface area contributed by atoms with Gasteiger partial charge in [0, 0.05) is 12.6 Å². The van der Waals surface area contributed by atoms with Crippen LogP contribution in [0.1, 0.15) is 92.9 Å². The lowest BCUT2D eigenvalue weighted by Crippen LogP contribution is -2.62. The first-order valence-corrected chi connectivity index (χ1v) is 12.8. The van der Waals surface area contributed by atoms with E-state index in [-0.39, 0.29) is 35.3 Å². The van der Waals surface area contributed by atoms with E-state index in [0.717, 1.165) is 45.1 Å². The lowest BCUT2D eigenvalue weighted by atomic mass is 9.82. The van der Waals surface area contributed by atoms with Gasteiger partial charge in [-0.25, -0.2) is 4.79 Å². The van der Waals surface area contributed by atoms with Crippen LogP contribution in [0.2, 0.25) is 0 Å². The van der Waals surface area contributed by atoms with E-state index in [4.69, 9.17) is 0 Å². The number of aliphatic carboxylic acids is 1. The average Bonchev–Trinajstić information content (AvgIpc) is 2.81. The van der Waals surface area contributed by atoms with E-state index < -0.39 is 17.6 Å². The number of rotatable bonds is 13. The van der Waals surface area contributed by atoms with E-state index in [9.17, 15) is 19.5 Å². The van der Waals surface area contributed by atoms with E-state index in [2.05, 4.69) is 17.6 Å². The molecule has 33 heavy (non-hydrogen) atoms. The van der Waals surface area contributed by atoms with Crippen LogP contribution >= 0.6 is 0 Å². The Morgan fingerprint density at radius 2 is 1.67 bits per heavy atom. The summed E-state index contributed by atoms with van der Waals surface area (Å²) in [5.74, 6) is -1.12. The Kier molecular flexibility index (Phi) is 12.1. The van der Waals surface area contributed by atoms with Crippen molar-refractivity contribution < 1.29 is 19.5 Å². The number of hydrogen-bond acceptors (Lipinski definition) is 4. The smallest absolute Gasteiger partial charge is 0.331 e. The second-order valence-corrected chi connectivity index (χ2v) is 9.90. The van der Waals surface area contributed by atoms with Crippen molar-refractivity contribution in [3.05, 3.63) is 11.6 Å². The first-order valence-electron chi connectivity index (χ1n) is 12.8. The van der Waals surface area contributed by atoms with Gasteiger partial charge in [0.2, 0.25) is 11.8 Å². The lowest BCUT2D eigenvalue weighted by Gasteiger charge is -2.39. The third kappa shape index (κ3) is 7.83. The third-order valence-corrected chi connectivity index (χ3v) is 7.27. The van der Waals surface area contributed by atoms with Crippen molar-refractivity contribution in [1.82, 2.24) is 15.5 Å². The summed E-state index contributed by atoms with van der Waals surface area (Å²) in [6.07, 6.45) is 8.95. The van der Waals surface area contributed by atoms with Crippen molar-refractivity contribution in [2.45, 2.75) is 111 Å². The summed E-state index contributed by atoms with van der Waals surface area (Å²) in [5.41, 5.74) is -0.481. The average molecular weight is 466 g/mol. The number of likely N-dealkylation sites (N-methyl/N-ethyl adjacent to an activating group) is 1. The zero-order valence-corrected chi connectivity index (χ0v) is 21.9. The Hall–Kier alpha value is -1.89. The van der Waals surface area contributed by atoms with Gasteiger partial charge < -0.3 is 20.6 Å². The Morgan fingerprint density at radius 3 is 2.12 bits per heavy atom. The molecule has 7 nitrogen and oxygen atoms in total. The van der Waals surface area contributed by atoms with Crippen LogP contribution in [0.5, 0.6) is 0 Å². The van der Waals surface area contributed by atoms with Gasteiger partial charge in [-0.2, -0.15) is 0 Å². The van der Waals surface area contributed by atoms with Crippen LogP contribution < -0.4 is 10.6 Å². The third-order valence-electron chi connectivity index (χ3n) is 7.27. The molecule has 0 aliphatic heterocycles. The molecule has 1 aliphatic rings. The molecule has 0 heterocycles. The van der Waals surface area contributed by atoms with Crippen molar-refractivity contribution >= 4 is 17.8 Å². The molecule has 1 aliphatic carbocycles. The zero-order valence-electron chi connectivity index (χ0n) is 21.9. The van der Waals surface area contributed by atoms with E-state index in [1.165, 1.54) is 0 Å². The Morgan fingerprint density at radius 1 is 1.09 bits per heavy atom. The highest BCUT2D eigenvalue weighted by atomic mass is 16.4. The quantitative estimate of drug-likeness (QED) is 0.355. The van der Waals surface area contributed by atoms with Crippen LogP contribution in [0.25, 0.3) is 0 Å². The number of carboxylic acid groups (broad SMARTS) is 1.